The largest absolute Gasteiger partial charge is 0.271 e. The Labute approximate surface area is 134 Å². The van der Waals surface area contributed by atoms with Crippen molar-refractivity contribution < 1.29 is 9.72 Å². The number of nitro groups is 1. The molecule has 1 aliphatic carbocycles. The van der Waals surface area contributed by atoms with Gasteiger partial charge in [0.1, 0.15) is 0 Å². The van der Waals surface area contributed by atoms with Gasteiger partial charge in [0.25, 0.3) is 11.6 Å². The number of nitro benzene ring substituents is 1. The first kappa shape index (κ1) is 16.6. The van der Waals surface area contributed by atoms with E-state index in [1.807, 2.05) is 13.8 Å². The Bertz CT molecular complexity index is 720. The van der Waals surface area contributed by atoms with E-state index in [2.05, 4.69) is 23.2 Å². The molecule has 6 nitrogen and oxygen atoms in total. The average Bonchev–Trinajstić information content (AvgIpc) is 2.53. The van der Waals surface area contributed by atoms with Crippen LogP contribution in [0.25, 0.3) is 0 Å². The molecule has 1 aliphatic rings. The van der Waals surface area contributed by atoms with Crippen LogP contribution in [0.3, 0.4) is 0 Å². The smallest absolute Gasteiger partial charge is 0.267 e. The monoisotopic (exact) mass is 313 g/mol. The molecule has 0 spiro atoms. The van der Waals surface area contributed by atoms with E-state index in [9.17, 15) is 14.9 Å². The van der Waals surface area contributed by atoms with Crippen LogP contribution in [0.15, 0.2) is 53.2 Å². The number of carbonyl (C=O) groups is 1. The molecular weight excluding hydrogens is 294 g/mol. The average molecular weight is 313 g/mol. The number of rotatable bonds is 4. The SMILES string of the molecule is C=C(C)C1CC=C(C)/C(=N/NC(=O)c2cccc([N+](=O)[O-])c2)C1. The summed E-state index contributed by atoms with van der Waals surface area (Å²) in [4.78, 5) is 22.3. The summed E-state index contributed by atoms with van der Waals surface area (Å²) in [5.74, 6) is -0.140. The van der Waals surface area contributed by atoms with Crippen LogP contribution >= 0.6 is 0 Å². The zero-order chi connectivity index (χ0) is 17.0. The molecule has 0 radical (unpaired) electrons. The van der Waals surface area contributed by atoms with Crippen molar-refractivity contribution in [2.75, 3.05) is 0 Å². The van der Waals surface area contributed by atoms with Crippen molar-refractivity contribution in [2.45, 2.75) is 26.7 Å². The van der Waals surface area contributed by atoms with E-state index in [1.54, 1.807) is 0 Å². The molecule has 0 saturated heterocycles. The lowest BCUT2D eigenvalue weighted by Crippen LogP contribution is -2.23. The third-order valence-electron chi connectivity index (χ3n) is 3.91. The molecule has 1 aromatic rings. The van der Waals surface area contributed by atoms with Crippen molar-refractivity contribution in [1.82, 2.24) is 5.43 Å². The molecule has 6 heteroatoms. The summed E-state index contributed by atoms with van der Waals surface area (Å²) in [5, 5.41) is 14.9. The maximum absolute atomic E-state index is 12.1. The fourth-order valence-corrected chi connectivity index (χ4v) is 2.37. The lowest BCUT2D eigenvalue weighted by Gasteiger charge is -2.22. The van der Waals surface area contributed by atoms with Crippen molar-refractivity contribution >= 4 is 17.3 Å². The summed E-state index contributed by atoms with van der Waals surface area (Å²) in [6.45, 7) is 7.91. The Morgan fingerprint density at radius 2 is 2.22 bits per heavy atom. The van der Waals surface area contributed by atoms with Gasteiger partial charge in [-0.1, -0.05) is 24.3 Å². The van der Waals surface area contributed by atoms with Gasteiger partial charge >= 0.3 is 0 Å². The van der Waals surface area contributed by atoms with E-state index in [4.69, 9.17) is 0 Å². The molecule has 23 heavy (non-hydrogen) atoms. The van der Waals surface area contributed by atoms with Gasteiger partial charge in [-0.2, -0.15) is 5.10 Å². The quantitative estimate of drug-likeness (QED) is 0.523. The van der Waals surface area contributed by atoms with Crippen LogP contribution in [0.2, 0.25) is 0 Å². The molecule has 1 atom stereocenters. The van der Waals surface area contributed by atoms with Crippen molar-refractivity contribution in [3.63, 3.8) is 0 Å². The standard InChI is InChI=1S/C17H19N3O3/c1-11(2)13-8-7-12(3)16(10-13)18-19-17(21)14-5-4-6-15(9-14)20(22)23/h4-7,9,13H,1,8,10H2,2-3H3,(H,19,21)/b18-16+. The summed E-state index contributed by atoms with van der Waals surface area (Å²) in [6, 6.07) is 5.57. The summed E-state index contributed by atoms with van der Waals surface area (Å²) < 4.78 is 0. The van der Waals surface area contributed by atoms with Gasteiger partial charge in [-0.15, -0.1) is 0 Å². The molecule has 0 heterocycles. The van der Waals surface area contributed by atoms with Crippen molar-refractivity contribution in [2.24, 2.45) is 11.0 Å². The maximum atomic E-state index is 12.1. The first-order chi connectivity index (χ1) is 10.9. The van der Waals surface area contributed by atoms with Gasteiger partial charge in [-0.25, -0.2) is 5.43 Å². The van der Waals surface area contributed by atoms with Gasteiger partial charge < -0.3 is 0 Å². The van der Waals surface area contributed by atoms with Gasteiger partial charge in [0.05, 0.1) is 10.6 Å². The van der Waals surface area contributed by atoms with Crippen molar-refractivity contribution in [3.8, 4) is 0 Å². The van der Waals surface area contributed by atoms with Crippen LogP contribution in [0.4, 0.5) is 5.69 Å². The van der Waals surface area contributed by atoms with E-state index in [0.717, 1.165) is 29.7 Å². The van der Waals surface area contributed by atoms with Gasteiger partial charge in [0.15, 0.2) is 0 Å². The number of allylic oxidation sites excluding steroid dienone is 3. The molecule has 0 fully saturated rings. The van der Waals surface area contributed by atoms with E-state index in [0.29, 0.717) is 5.92 Å². The number of nitrogens with zero attached hydrogens (tertiary/aromatic N) is 2. The summed E-state index contributed by atoms with van der Waals surface area (Å²) >= 11 is 0. The highest BCUT2D eigenvalue weighted by atomic mass is 16.6. The fourth-order valence-electron chi connectivity index (χ4n) is 2.37. The number of hydrogen-bond acceptors (Lipinski definition) is 4. The van der Waals surface area contributed by atoms with Crippen LogP contribution in [0.1, 0.15) is 37.0 Å². The van der Waals surface area contributed by atoms with Crippen LogP contribution in [-0.2, 0) is 0 Å². The van der Waals surface area contributed by atoms with Crippen molar-refractivity contribution in [1.29, 1.82) is 0 Å². The molecule has 1 unspecified atom stereocenters. The highest BCUT2D eigenvalue weighted by Crippen LogP contribution is 2.26. The second-order valence-electron chi connectivity index (χ2n) is 5.68. The number of hydrazone groups is 1. The van der Waals surface area contributed by atoms with Gasteiger partial charge in [0, 0.05) is 17.7 Å². The Hall–Kier alpha value is -2.76. The predicted octanol–water partition coefficient (Wildman–Crippen LogP) is 3.61. The second kappa shape index (κ2) is 7.00. The number of hydrogen-bond donors (Lipinski definition) is 1. The normalized spacial score (nSPS) is 19.1. The molecule has 1 N–H and O–H groups in total. The Kier molecular flexibility index (Phi) is 5.05. The highest BCUT2D eigenvalue weighted by Gasteiger charge is 2.19. The van der Waals surface area contributed by atoms with Crippen LogP contribution in [-0.4, -0.2) is 16.5 Å². The molecule has 0 saturated carbocycles. The third kappa shape index (κ3) is 4.12. The summed E-state index contributed by atoms with van der Waals surface area (Å²) in [7, 11) is 0. The minimum atomic E-state index is -0.534. The zero-order valence-corrected chi connectivity index (χ0v) is 13.2. The third-order valence-corrected chi connectivity index (χ3v) is 3.91. The summed E-state index contributed by atoms with van der Waals surface area (Å²) in [5.41, 5.74) is 5.49. The van der Waals surface area contributed by atoms with E-state index < -0.39 is 10.8 Å². The summed E-state index contributed by atoms with van der Waals surface area (Å²) in [6.07, 6.45) is 3.74. The van der Waals surface area contributed by atoms with Gasteiger partial charge in [-0.05, 0) is 44.2 Å². The van der Waals surface area contributed by atoms with Gasteiger partial charge in [0.2, 0.25) is 0 Å². The van der Waals surface area contributed by atoms with Crippen LogP contribution in [0.5, 0.6) is 0 Å². The number of non-ortho nitro benzene ring substituents is 1. The molecule has 0 bridgehead atoms. The molecule has 1 amide bonds. The Morgan fingerprint density at radius 3 is 2.87 bits per heavy atom. The highest BCUT2D eigenvalue weighted by molar-refractivity contribution is 6.02. The van der Waals surface area contributed by atoms with Crippen LogP contribution < -0.4 is 5.43 Å². The maximum Gasteiger partial charge on any atom is 0.271 e. The van der Waals surface area contributed by atoms with Crippen LogP contribution in [0, 0.1) is 16.0 Å². The van der Waals surface area contributed by atoms with Gasteiger partial charge in [-0.3, -0.25) is 14.9 Å². The number of carbonyl (C=O) groups excluding carboxylic acids is 1. The molecule has 2 rings (SSSR count). The molecule has 120 valence electrons. The number of benzene rings is 1. The first-order valence-corrected chi connectivity index (χ1v) is 7.32. The minimum absolute atomic E-state index is 0.124. The van der Waals surface area contributed by atoms with Crippen molar-refractivity contribution in [3.05, 3.63) is 63.7 Å². The molecule has 0 aliphatic heterocycles. The lowest BCUT2D eigenvalue weighted by atomic mass is 9.85. The fraction of sp³-hybridized carbons (Fsp3) is 0.294. The molecule has 1 aromatic carbocycles. The van der Waals surface area contributed by atoms with E-state index in [-0.39, 0.29) is 11.3 Å². The molecular formula is C17H19N3O3. The predicted molar refractivity (Wildman–Crippen MR) is 89.3 cm³/mol. The van der Waals surface area contributed by atoms with E-state index in [1.165, 1.54) is 24.3 Å². The Balaban J connectivity index is 2.12. The number of amides is 1. The second-order valence-corrected chi connectivity index (χ2v) is 5.68. The topological polar surface area (TPSA) is 84.6 Å². The van der Waals surface area contributed by atoms with E-state index >= 15 is 0 Å². The number of nitrogens with one attached hydrogen (secondary N) is 1. The minimum Gasteiger partial charge on any atom is -0.267 e. The zero-order valence-electron chi connectivity index (χ0n) is 13.2. The Morgan fingerprint density at radius 1 is 1.48 bits per heavy atom. The first-order valence-electron chi connectivity index (χ1n) is 7.32. The molecule has 0 aromatic heterocycles. The lowest BCUT2D eigenvalue weighted by molar-refractivity contribution is -0.384.